The minimum atomic E-state index is -0.0151. The van der Waals surface area contributed by atoms with Crippen molar-refractivity contribution in [3.05, 3.63) is 119 Å². The van der Waals surface area contributed by atoms with E-state index in [0.717, 1.165) is 47.3 Å². The second kappa shape index (κ2) is 9.06. The van der Waals surface area contributed by atoms with Gasteiger partial charge in [0.2, 0.25) is 0 Å². The standard InChI is InChI=1S/C28H23NO3/c30-28-25-17-23(32-15-5-4-9-20-7-2-1-3-8-20)11-12-24(25)26(22-13-16-31-19-22)27(28)21-10-6-14-29-18-21/h1-3,6-8,10-14,16-19H,4-5,9,15H2. The number of hydrogen-bond acceptors (Lipinski definition) is 4. The number of allylic oxidation sites excluding steroid dienone is 1. The van der Waals surface area contributed by atoms with Crippen LogP contribution in [0, 0.1) is 0 Å². The number of rotatable bonds is 8. The van der Waals surface area contributed by atoms with Crippen molar-refractivity contribution in [3.63, 3.8) is 0 Å². The van der Waals surface area contributed by atoms with Crippen LogP contribution in [0.15, 0.2) is 96.1 Å². The Bertz CT molecular complexity index is 1240. The van der Waals surface area contributed by atoms with Crippen LogP contribution in [0.4, 0.5) is 0 Å². The van der Waals surface area contributed by atoms with Gasteiger partial charge in [-0.2, -0.15) is 0 Å². The monoisotopic (exact) mass is 421 g/mol. The number of Topliss-reactive ketones (excluding diaryl/α,β-unsaturated/α-hetero) is 1. The van der Waals surface area contributed by atoms with Crippen LogP contribution in [0.25, 0.3) is 11.1 Å². The van der Waals surface area contributed by atoms with E-state index in [1.807, 2.05) is 42.5 Å². The van der Waals surface area contributed by atoms with Crippen molar-refractivity contribution in [1.82, 2.24) is 4.98 Å². The third kappa shape index (κ3) is 4.00. The van der Waals surface area contributed by atoms with Crippen LogP contribution in [0.1, 0.15) is 45.5 Å². The molecule has 5 rings (SSSR count). The molecule has 0 fully saturated rings. The summed E-state index contributed by atoms with van der Waals surface area (Å²) < 4.78 is 11.3. The van der Waals surface area contributed by atoms with Gasteiger partial charge in [-0.05, 0) is 60.7 Å². The Labute approximate surface area is 187 Å². The Morgan fingerprint density at radius 3 is 2.53 bits per heavy atom. The lowest BCUT2D eigenvalue weighted by Crippen LogP contribution is -2.02. The number of pyridine rings is 1. The van der Waals surface area contributed by atoms with Gasteiger partial charge < -0.3 is 9.15 Å². The molecule has 0 atom stereocenters. The van der Waals surface area contributed by atoms with Crippen LogP contribution in [0.2, 0.25) is 0 Å². The average molecular weight is 421 g/mol. The molecule has 1 aliphatic rings. The Morgan fingerprint density at radius 2 is 1.75 bits per heavy atom. The molecule has 0 bridgehead atoms. The molecule has 0 radical (unpaired) electrons. The van der Waals surface area contributed by atoms with E-state index >= 15 is 0 Å². The fourth-order valence-electron chi connectivity index (χ4n) is 4.16. The van der Waals surface area contributed by atoms with Crippen LogP contribution >= 0.6 is 0 Å². The van der Waals surface area contributed by atoms with E-state index < -0.39 is 0 Å². The predicted molar refractivity (Wildman–Crippen MR) is 125 cm³/mol. The molecule has 4 aromatic rings. The molecule has 0 amide bonds. The van der Waals surface area contributed by atoms with Crippen molar-refractivity contribution in [3.8, 4) is 5.75 Å². The van der Waals surface area contributed by atoms with Gasteiger partial charge in [0.15, 0.2) is 5.78 Å². The van der Waals surface area contributed by atoms with Gasteiger partial charge in [-0.3, -0.25) is 9.78 Å². The van der Waals surface area contributed by atoms with E-state index in [-0.39, 0.29) is 5.78 Å². The van der Waals surface area contributed by atoms with Gasteiger partial charge in [-0.15, -0.1) is 0 Å². The number of carbonyl (C=O) groups excluding carboxylic acids is 1. The van der Waals surface area contributed by atoms with E-state index in [1.165, 1.54) is 5.56 Å². The summed E-state index contributed by atoms with van der Waals surface area (Å²) in [6.45, 7) is 0.622. The summed E-state index contributed by atoms with van der Waals surface area (Å²) in [5, 5.41) is 0. The van der Waals surface area contributed by atoms with E-state index in [0.29, 0.717) is 17.7 Å². The molecular weight excluding hydrogens is 398 g/mol. The van der Waals surface area contributed by atoms with Crippen molar-refractivity contribution in [2.75, 3.05) is 6.61 Å². The van der Waals surface area contributed by atoms with Gasteiger partial charge in [-0.1, -0.05) is 36.4 Å². The van der Waals surface area contributed by atoms with Gasteiger partial charge in [0.1, 0.15) is 5.75 Å². The summed E-state index contributed by atoms with van der Waals surface area (Å²) in [7, 11) is 0. The van der Waals surface area contributed by atoms with Crippen molar-refractivity contribution < 1.29 is 13.9 Å². The third-order valence-electron chi connectivity index (χ3n) is 5.71. The summed E-state index contributed by atoms with van der Waals surface area (Å²) in [6.07, 6.45) is 9.79. The highest BCUT2D eigenvalue weighted by Crippen LogP contribution is 2.43. The lowest BCUT2D eigenvalue weighted by molar-refractivity contribution is 0.105. The quantitative estimate of drug-likeness (QED) is 0.316. The number of benzene rings is 2. The van der Waals surface area contributed by atoms with Gasteiger partial charge in [0.25, 0.3) is 0 Å². The molecular formula is C28H23NO3. The maximum atomic E-state index is 13.4. The Kier molecular flexibility index (Phi) is 5.67. The molecule has 32 heavy (non-hydrogen) atoms. The number of hydrogen-bond donors (Lipinski definition) is 0. The first-order valence-electron chi connectivity index (χ1n) is 10.8. The number of furan rings is 1. The van der Waals surface area contributed by atoms with Gasteiger partial charge in [-0.25, -0.2) is 0 Å². The minimum Gasteiger partial charge on any atom is -0.494 e. The highest BCUT2D eigenvalue weighted by molar-refractivity contribution is 6.41. The van der Waals surface area contributed by atoms with Crippen molar-refractivity contribution in [1.29, 1.82) is 0 Å². The lowest BCUT2D eigenvalue weighted by atomic mass is 9.97. The first-order valence-corrected chi connectivity index (χ1v) is 10.8. The number of nitrogens with zero attached hydrogens (tertiary/aromatic N) is 1. The number of aryl methyl sites for hydroxylation is 1. The predicted octanol–water partition coefficient (Wildman–Crippen LogP) is 6.23. The number of unbranched alkanes of at least 4 members (excludes halogenated alkanes) is 1. The number of ketones is 1. The van der Waals surface area contributed by atoms with Gasteiger partial charge >= 0.3 is 0 Å². The Hall–Kier alpha value is -3.92. The summed E-state index contributed by atoms with van der Waals surface area (Å²) in [4.78, 5) is 17.6. The maximum absolute atomic E-state index is 13.4. The minimum absolute atomic E-state index is 0.0151. The second-order valence-electron chi connectivity index (χ2n) is 7.83. The fraction of sp³-hybridized carbons (Fsp3) is 0.143. The summed E-state index contributed by atoms with van der Waals surface area (Å²) in [5.41, 5.74) is 6.10. The SMILES string of the molecule is O=C1C(c2cccnc2)=C(c2ccoc2)c2ccc(OCCCCc3ccccc3)cc21. The van der Waals surface area contributed by atoms with E-state index in [9.17, 15) is 4.79 Å². The zero-order chi connectivity index (χ0) is 21.8. The molecule has 4 nitrogen and oxygen atoms in total. The number of aromatic nitrogens is 1. The largest absolute Gasteiger partial charge is 0.494 e. The second-order valence-corrected chi connectivity index (χ2v) is 7.83. The third-order valence-corrected chi connectivity index (χ3v) is 5.71. The first kappa shape index (κ1) is 20.0. The van der Waals surface area contributed by atoms with Crippen molar-refractivity contribution in [2.24, 2.45) is 0 Å². The molecule has 0 unspecified atom stereocenters. The topological polar surface area (TPSA) is 52.3 Å². The number of ether oxygens (including phenoxy) is 1. The lowest BCUT2D eigenvalue weighted by Gasteiger charge is -2.09. The van der Waals surface area contributed by atoms with Gasteiger partial charge in [0, 0.05) is 40.2 Å². The summed E-state index contributed by atoms with van der Waals surface area (Å²) in [6, 6.07) is 21.9. The molecule has 158 valence electrons. The Morgan fingerprint density at radius 1 is 0.844 bits per heavy atom. The highest BCUT2D eigenvalue weighted by Gasteiger charge is 2.32. The number of carbonyl (C=O) groups is 1. The molecule has 1 aliphatic carbocycles. The molecule has 2 aromatic carbocycles. The zero-order valence-corrected chi connectivity index (χ0v) is 17.7. The van der Waals surface area contributed by atoms with E-state index in [2.05, 4.69) is 29.2 Å². The molecule has 0 N–H and O–H groups in total. The van der Waals surface area contributed by atoms with Crippen LogP contribution in [-0.4, -0.2) is 17.4 Å². The maximum Gasteiger partial charge on any atom is 0.195 e. The van der Waals surface area contributed by atoms with E-state index in [4.69, 9.17) is 9.15 Å². The summed E-state index contributed by atoms with van der Waals surface area (Å²) in [5.74, 6) is 0.703. The molecule has 2 aromatic heterocycles. The first-order chi connectivity index (χ1) is 15.8. The van der Waals surface area contributed by atoms with Crippen molar-refractivity contribution in [2.45, 2.75) is 19.3 Å². The molecule has 0 aliphatic heterocycles. The number of fused-ring (bicyclic) bond motifs is 1. The van der Waals surface area contributed by atoms with Crippen LogP contribution in [0.5, 0.6) is 5.75 Å². The summed E-state index contributed by atoms with van der Waals surface area (Å²) >= 11 is 0. The molecule has 0 saturated carbocycles. The average Bonchev–Trinajstić information content (AvgIpc) is 3.46. The Balaban J connectivity index is 1.33. The highest BCUT2D eigenvalue weighted by atomic mass is 16.5. The normalized spacial score (nSPS) is 12.8. The molecule has 4 heteroatoms. The van der Waals surface area contributed by atoms with Crippen LogP contribution in [-0.2, 0) is 6.42 Å². The zero-order valence-electron chi connectivity index (χ0n) is 17.7. The molecule has 0 saturated heterocycles. The van der Waals surface area contributed by atoms with Gasteiger partial charge in [0.05, 0.1) is 19.1 Å². The molecule has 2 heterocycles. The smallest absolute Gasteiger partial charge is 0.195 e. The van der Waals surface area contributed by atoms with Crippen LogP contribution in [0.3, 0.4) is 0 Å². The van der Waals surface area contributed by atoms with Crippen LogP contribution < -0.4 is 4.74 Å². The fourth-order valence-corrected chi connectivity index (χ4v) is 4.16. The van der Waals surface area contributed by atoms with E-state index in [1.54, 1.807) is 24.9 Å². The molecule has 0 spiro atoms. The van der Waals surface area contributed by atoms with Crippen molar-refractivity contribution >= 4 is 16.9 Å².